The number of nitrogens with zero attached hydrogens (tertiary/aromatic N) is 2. The van der Waals surface area contributed by atoms with Crippen molar-refractivity contribution in [1.29, 1.82) is 0 Å². The number of phenols is 1. The Morgan fingerprint density at radius 3 is 2.78 bits per heavy atom. The lowest BCUT2D eigenvalue weighted by atomic mass is 10.1. The van der Waals surface area contributed by atoms with Crippen molar-refractivity contribution in [3.8, 4) is 5.75 Å². The van der Waals surface area contributed by atoms with E-state index in [0.29, 0.717) is 0 Å². The minimum absolute atomic E-state index is 0.253. The van der Waals surface area contributed by atoms with Gasteiger partial charge in [-0.3, -0.25) is 4.90 Å². The van der Waals surface area contributed by atoms with E-state index in [0.717, 1.165) is 43.7 Å². The number of phenolic OH excluding ortho intramolecular Hbond substituents is 1. The first kappa shape index (κ1) is 11.6. The molecule has 1 fully saturated rings. The van der Waals surface area contributed by atoms with Gasteiger partial charge in [-0.05, 0) is 19.2 Å². The number of benzene rings is 1. The number of likely N-dealkylation sites (N-methyl/N-ethyl adjacent to an activating group) is 1. The summed E-state index contributed by atoms with van der Waals surface area (Å²) >= 11 is 0. The van der Waals surface area contributed by atoms with Crippen LogP contribution in [-0.4, -0.2) is 48.1 Å². The van der Waals surface area contributed by atoms with Gasteiger partial charge in [-0.15, -0.1) is 0 Å². The van der Waals surface area contributed by atoms with E-state index in [9.17, 15) is 5.11 Å². The van der Waals surface area contributed by atoms with E-state index < -0.39 is 0 Å². The van der Waals surface area contributed by atoms with Gasteiger partial charge in [-0.2, -0.15) is 0 Å². The van der Waals surface area contributed by atoms with Gasteiger partial charge in [-0.25, -0.2) is 0 Å². The topological polar surface area (TPSA) is 39.9 Å². The Bertz CT molecular complexity index is 542. The van der Waals surface area contributed by atoms with Crippen LogP contribution < -0.4 is 0 Å². The standard InChI is InChI=1S/C14H18N2O2/c1-15-4-6-16(7-5-15)9-11-10-18-14-8-12(17)2-3-13(11)14/h2-3,8,10,17H,4-7,9H2,1H3. The minimum Gasteiger partial charge on any atom is -0.508 e. The molecule has 4 nitrogen and oxygen atoms in total. The van der Waals surface area contributed by atoms with E-state index in [1.165, 1.54) is 5.56 Å². The Balaban J connectivity index is 1.78. The smallest absolute Gasteiger partial charge is 0.137 e. The van der Waals surface area contributed by atoms with Crippen molar-refractivity contribution in [3.05, 3.63) is 30.0 Å². The minimum atomic E-state index is 0.253. The third kappa shape index (κ3) is 2.21. The number of aromatic hydroxyl groups is 1. The lowest BCUT2D eigenvalue weighted by Crippen LogP contribution is -2.43. The average molecular weight is 246 g/mol. The molecule has 1 N–H and O–H groups in total. The molecule has 1 aromatic carbocycles. The Morgan fingerprint density at radius 1 is 1.22 bits per heavy atom. The fourth-order valence-corrected chi connectivity index (χ4v) is 2.44. The summed E-state index contributed by atoms with van der Waals surface area (Å²) in [6.45, 7) is 5.36. The summed E-state index contributed by atoms with van der Waals surface area (Å²) in [4.78, 5) is 4.79. The van der Waals surface area contributed by atoms with Gasteiger partial charge in [0.05, 0.1) is 6.26 Å². The van der Waals surface area contributed by atoms with E-state index in [1.807, 2.05) is 12.3 Å². The van der Waals surface area contributed by atoms with Crippen LogP contribution in [0.2, 0.25) is 0 Å². The van der Waals surface area contributed by atoms with Crippen molar-refractivity contribution in [1.82, 2.24) is 9.80 Å². The highest BCUT2D eigenvalue weighted by molar-refractivity contribution is 5.82. The Hall–Kier alpha value is -1.52. The number of hydrogen-bond acceptors (Lipinski definition) is 4. The molecule has 0 bridgehead atoms. The zero-order valence-corrected chi connectivity index (χ0v) is 10.6. The van der Waals surface area contributed by atoms with Crippen LogP contribution >= 0.6 is 0 Å². The van der Waals surface area contributed by atoms with Crippen LogP contribution in [0, 0.1) is 0 Å². The Kier molecular flexibility index (Phi) is 2.97. The maximum absolute atomic E-state index is 9.41. The molecule has 1 aliphatic heterocycles. The molecule has 96 valence electrons. The summed E-state index contributed by atoms with van der Waals surface area (Å²) in [5, 5.41) is 10.5. The molecule has 0 saturated carbocycles. The molecule has 1 saturated heterocycles. The van der Waals surface area contributed by atoms with E-state index >= 15 is 0 Å². The third-order valence-electron chi connectivity index (χ3n) is 3.63. The monoisotopic (exact) mass is 246 g/mol. The predicted molar refractivity (Wildman–Crippen MR) is 70.7 cm³/mol. The average Bonchev–Trinajstić information content (AvgIpc) is 2.74. The number of piperazine rings is 1. The summed E-state index contributed by atoms with van der Waals surface area (Å²) in [5.41, 5.74) is 1.97. The fourth-order valence-electron chi connectivity index (χ4n) is 2.44. The number of furan rings is 1. The first-order valence-electron chi connectivity index (χ1n) is 6.32. The normalized spacial score (nSPS) is 18.5. The molecule has 0 atom stereocenters. The molecule has 1 aromatic heterocycles. The summed E-state index contributed by atoms with van der Waals surface area (Å²) in [6, 6.07) is 5.31. The molecular weight excluding hydrogens is 228 g/mol. The third-order valence-corrected chi connectivity index (χ3v) is 3.63. The van der Waals surface area contributed by atoms with Crippen LogP contribution in [0.5, 0.6) is 5.75 Å². The van der Waals surface area contributed by atoms with Crippen LogP contribution in [0.15, 0.2) is 28.9 Å². The molecule has 4 heteroatoms. The molecule has 18 heavy (non-hydrogen) atoms. The molecular formula is C14H18N2O2. The van der Waals surface area contributed by atoms with Gasteiger partial charge in [0.2, 0.25) is 0 Å². The van der Waals surface area contributed by atoms with Gasteiger partial charge >= 0.3 is 0 Å². The maximum Gasteiger partial charge on any atom is 0.137 e. The van der Waals surface area contributed by atoms with E-state index in [4.69, 9.17) is 4.42 Å². The second-order valence-electron chi connectivity index (χ2n) is 5.02. The van der Waals surface area contributed by atoms with Crippen LogP contribution in [0.3, 0.4) is 0 Å². The molecule has 3 rings (SSSR count). The van der Waals surface area contributed by atoms with Crippen molar-refractivity contribution < 1.29 is 9.52 Å². The zero-order valence-electron chi connectivity index (χ0n) is 10.6. The van der Waals surface area contributed by atoms with Gasteiger partial charge < -0.3 is 14.4 Å². The highest BCUT2D eigenvalue weighted by Gasteiger charge is 2.16. The van der Waals surface area contributed by atoms with Crippen LogP contribution in [0.1, 0.15) is 5.56 Å². The zero-order chi connectivity index (χ0) is 12.5. The molecule has 1 aliphatic rings. The van der Waals surface area contributed by atoms with E-state index in [1.54, 1.807) is 12.1 Å². The Morgan fingerprint density at radius 2 is 2.00 bits per heavy atom. The summed E-state index contributed by atoms with van der Waals surface area (Å²) in [6.07, 6.45) is 1.81. The number of hydrogen-bond donors (Lipinski definition) is 1. The first-order valence-corrected chi connectivity index (χ1v) is 6.32. The van der Waals surface area contributed by atoms with Crippen molar-refractivity contribution in [2.45, 2.75) is 6.54 Å². The molecule has 0 unspecified atom stereocenters. The summed E-state index contributed by atoms with van der Waals surface area (Å²) in [7, 11) is 2.16. The first-order chi connectivity index (χ1) is 8.72. The van der Waals surface area contributed by atoms with Crippen molar-refractivity contribution in [2.75, 3.05) is 33.2 Å². The predicted octanol–water partition coefficient (Wildman–Crippen LogP) is 1.89. The molecule has 0 amide bonds. The summed E-state index contributed by atoms with van der Waals surface area (Å²) in [5.74, 6) is 0.253. The fraction of sp³-hybridized carbons (Fsp3) is 0.429. The lowest BCUT2D eigenvalue weighted by Gasteiger charge is -2.32. The largest absolute Gasteiger partial charge is 0.508 e. The molecule has 0 radical (unpaired) electrons. The second kappa shape index (κ2) is 4.63. The molecule has 2 heterocycles. The van der Waals surface area contributed by atoms with Gasteiger partial charge in [0.25, 0.3) is 0 Å². The highest BCUT2D eigenvalue weighted by Crippen LogP contribution is 2.26. The summed E-state index contributed by atoms with van der Waals surface area (Å²) < 4.78 is 5.50. The van der Waals surface area contributed by atoms with Crippen LogP contribution in [0.25, 0.3) is 11.0 Å². The number of rotatable bonds is 2. The van der Waals surface area contributed by atoms with Crippen LogP contribution in [0.4, 0.5) is 0 Å². The molecule has 0 aliphatic carbocycles. The van der Waals surface area contributed by atoms with Gasteiger partial charge in [-0.1, -0.05) is 0 Å². The SMILES string of the molecule is CN1CCN(Cc2coc3cc(O)ccc23)CC1. The molecule has 2 aromatic rings. The van der Waals surface area contributed by atoms with Gasteiger partial charge in [0.15, 0.2) is 0 Å². The van der Waals surface area contributed by atoms with Crippen LogP contribution in [-0.2, 0) is 6.54 Å². The van der Waals surface area contributed by atoms with E-state index in [2.05, 4.69) is 16.8 Å². The lowest BCUT2D eigenvalue weighted by molar-refractivity contribution is 0.148. The van der Waals surface area contributed by atoms with E-state index in [-0.39, 0.29) is 5.75 Å². The van der Waals surface area contributed by atoms with Crippen molar-refractivity contribution >= 4 is 11.0 Å². The van der Waals surface area contributed by atoms with Gasteiger partial charge in [0.1, 0.15) is 11.3 Å². The molecule has 0 spiro atoms. The Labute approximate surface area is 106 Å². The maximum atomic E-state index is 9.41. The highest BCUT2D eigenvalue weighted by atomic mass is 16.3. The second-order valence-corrected chi connectivity index (χ2v) is 5.02. The van der Waals surface area contributed by atoms with Gasteiger partial charge in [0, 0.05) is 49.7 Å². The quantitative estimate of drug-likeness (QED) is 0.878. The van der Waals surface area contributed by atoms with Crippen molar-refractivity contribution in [3.63, 3.8) is 0 Å². The van der Waals surface area contributed by atoms with Crippen molar-refractivity contribution in [2.24, 2.45) is 0 Å². The number of fused-ring (bicyclic) bond motifs is 1.